The van der Waals surface area contributed by atoms with Gasteiger partial charge in [-0.3, -0.25) is 9.59 Å². The van der Waals surface area contributed by atoms with Crippen LogP contribution in [-0.2, 0) is 9.59 Å². The summed E-state index contributed by atoms with van der Waals surface area (Å²) >= 11 is 0. The molecule has 0 bridgehead atoms. The lowest BCUT2D eigenvalue weighted by atomic mass is 9.45. The zero-order valence-electron chi connectivity index (χ0n) is 16.3. The SMILES string of the molecule is C[C@H]1C[C@H]2[C@@H]([C@@H](O)C[C@@]3(C)[C@H]2CC[C@]3(O)C(=O)CO)[C@@]2(C)C=CC(=O)C=C12. The summed E-state index contributed by atoms with van der Waals surface area (Å²) in [6.07, 6.45) is 6.87. The number of aliphatic hydroxyl groups is 3. The summed E-state index contributed by atoms with van der Waals surface area (Å²) in [5, 5.41) is 31.9. The highest BCUT2D eigenvalue weighted by Crippen LogP contribution is 2.67. The maximum Gasteiger partial charge on any atom is 0.190 e. The van der Waals surface area contributed by atoms with Gasteiger partial charge in [-0.2, -0.15) is 0 Å². The van der Waals surface area contributed by atoms with Crippen molar-refractivity contribution in [2.75, 3.05) is 6.61 Å². The normalized spacial score (nSPS) is 51.3. The predicted octanol–water partition coefficient (Wildman–Crippen LogP) is 1.80. The molecule has 4 aliphatic rings. The summed E-state index contributed by atoms with van der Waals surface area (Å²) in [4.78, 5) is 24.4. The lowest BCUT2D eigenvalue weighted by molar-refractivity contribution is -0.180. The third kappa shape index (κ3) is 2.28. The zero-order chi connectivity index (χ0) is 19.8. The maximum atomic E-state index is 12.4. The maximum absolute atomic E-state index is 12.4. The number of hydrogen-bond donors (Lipinski definition) is 3. The number of ketones is 2. The predicted molar refractivity (Wildman–Crippen MR) is 99.6 cm³/mol. The number of hydrogen-bond acceptors (Lipinski definition) is 5. The largest absolute Gasteiger partial charge is 0.393 e. The highest BCUT2D eigenvalue weighted by Gasteiger charge is 2.68. The molecule has 3 fully saturated rings. The van der Waals surface area contributed by atoms with Crippen LogP contribution in [0, 0.1) is 34.5 Å². The van der Waals surface area contributed by atoms with Crippen LogP contribution in [0.15, 0.2) is 23.8 Å². The van der Waals surface area contributed by atoms with E-state index in [9.17, 15) is 24.9 Å². The molecule has 4 rings (SSSR count). The van der Waals surface area contributed by atoms with Crippen LogP contribution in [0.1, 0.15) is 46.5 Å². The molecule has 0 heterocycles. The first-order valence-corrected chi connectivity index (χ1v) is 10.1. The lowest BCUT2D eigenvalue weighted by Crippen LogP contribution is -2.62. The number of Topliss-reactive ketones (excluding diaryl/α,β-unsaturated/α-hetero) is 1. The van der Waals surface area contributed by atoms with Crippen molar-refractivity contribution in [1.82, 2.24) is 0 Å². The standard InChI is InChI=1S/C22H30O5/c1-12-8-14-15-5-7-22(27,18(26)11-23)21(15,3)10-17(25)19(14)20(2)6-4-13(24)9-16(12)20/h4,6,9,12,14-15,17,19,23,25,27H,5,7-8,10-11H2,1-3H3/t12-,14+,15-,17-,19-,20-,21-,22-/m0/s1. The number of rotatable bonds is 2. The zero-order valence-corrected chi connectivity index (χ0v) is 16.3. The first kappa shape index (κ1) is 19.0. The molecule has 0 aliphatic heterocycles. The number of carbonyl (C=O) groups excluding carboxylic acids is 2. The van der Waals surface area contributed by atoms with Crippen LogP contribution in [0.25, 0.3) is 0 Å². The molecule has 0 unspecified atom stereocenters. The summed E-state index contributed by atoms with van der Waals surface area (Å²) in [6.45, 7) is 5.48. The van der Waals surface area contributed by atoms with Gasteiger partial charge in [-0.25, -0.2) is 0 Å². The molecule has 0 spiro atoms. The molecule has 0 aromatic carbocycles. The Bertz CT molecular complexity index is 754. The fourth-order valence-electron chi connectivity index (χ4n) is 7.34. The molecule has 3 N–H and O–H groups in total. The molecule has 5 nitrogen and oxygen atoms in total. The van der Waals surface area contributed by atoms with Gasteiger partial charge in [0.1, 0.15) is 12.2 Å². The van der Waals surface area contributed by atoms with Crippen LogP contribution in [-0.4, -0.2) is 45.2 Å². The molecule has 8 atom stereocenters. The molecule has 5 heteroatoms. The molecular formula is C22H30O5. The molecule has 4 aliphatic carbocycles. The van der Waals surface area contributed by atoms with Crippen LogP contribution in [0.3, 0.4) is 0 Å². The first-order chi connectivity index (χ1) is 12.6. The smallest absolute Gasteiger partial charge is 0.190 e. The Morgan fingerprint density at radius 2 is 2.04 bits per heavy atom. The quantitative estimate of drug-likeness (QED) is 0.685. The van der Waals surface area contributed by atoms with Gasteiger partial charge in [0.2, 0.25) is 0 Å². The van der Waals surface area contributed by atoms with E-state index in [0.717, 1.165) is 18.4 Å². The van der Waals surface area contributed by atoms with Gasteiger partial charge in [-0.05, 0) is 55.6 Å². The Morgan fingerprint density at radius 3 is 2.70 bits per heavy atom. The van der Waals surface area contributed by atoms with E-state index in [4.69, 9.17) is 0 Å². The van der Waals surface area contributed by atoms with E-state index in [1.807, 2.05) is 13.0 Å². The average molecular weight is 374 g/mol. The summed E-state index contributed by atoms with van der Waals surface area (Å²) in [6, 6.07) is 0. The van der Waals surface area contributed by atoms with Gasteiger partial charge < -0.3 is 15.3 Å². The van der Waals surface area contributed by atoms with Crippen LogP contribution in [0.4, 0.5) is 0 Å². The molecular weight excluding hydrogens is 344 g/mol. The fourth-order valence-corrected chi connectivity index (χ4v) is 7.34. The minimum Gasteiger partial charge on any atom is -0.393 e. The highest BCUT2D eigenvalue weighted by molar-refractivity contribution is 6.01. The van der Waals surface area contributed by atoms with Gasteiger partial charge in [0.05, 0.1) is 6.10 Å². The highest BCUT2D eigenvalue weighted by atomic mass is 16.3. The van der Waals surface area contributed by atoms with Crippen molar-refractivity contribution in [2.24, 2.45) is 34.5 Å². The van der Waals surface area contributed by atoms with Gasteiger partial charge in [0.25, 0.3) is 0 Å². The van der Waals surface area contributed by atoms with Crippen LogP contribution in [0.2, 0.25) is 0 Å². The average Bonchev–Trinajstić information content (AvgIpc) is 2.87. The van der Waals surface area contributed by atoms with Crippen molar-refractivity contribution in [1.29, 1.82) is 0 Å². The van der Waals surface area contributed by atoms with Gasteiger partial charge in [0.15, 0.2) is 11.6 Å². The van der Waals surface area contributed by atoms with Crippen molar-refractivity contribution in [3.05, 3.63) is 23.8 Å². The first-order valence-electron chi connectivity index (χ1n) is 10.1. The lowest BCUT2D eigenvalue weighted by Gasteiger charge is -2.60. The second kappa shape index (κ2) is 5.85. The Balaban J connectivity index is 1.78. The number of allylic oxidation sites excluding steroid dienone is 4. The Kier molecular flexibility index (Phi) is 4.12. The number of fused-ring (bicyclic) bond motifs is 5. The van der Waals surface area contributed by atoms with E-state index in [1.165, 1.54) is 0 Å². The topological polar surface area (TPSA) is 94.8 Å². The minimum absolute atomic E-state index is 0.00620. The summed E-state index contributed by atoms with van der Waals surface area (Å²) < 4.78 is 0. The molecule has 0 aromatic heterocycles. The fraction of sp³-hybridized carbons (Fsp3) is 0.727. The Hall–Kier alpha value is -1.30. The van der Waals surface area contributed by atoms with E-state index in [0.29, 0.717) is 12.8 Å². The molecule has 27 heavy (non-hydrogen) atoms. The second-order valence-electron chi connectivity index (χ2n) is 9.72. The summed E-state index contributed by atoms with van der Waals surface area (Å²) in [5.74, 6) is -0.0768. The van der Waals surface area contributed by atoms with Crippen molar-refractivity contribution >= 4 is 11.6 Å². The van der Waals surface area contributed by atoms with Crippen LogP contribution in [0.5, 0.6) is 0 Å². The molecule has 0 amide bonds. The Morgan fingerprint density at radius 1 is 1.33 bits per heavy atom. The Labute approximate surface area is 160 Å². The molecule has 3 saturated carbocycles. The van der Waals surface area contributed by atoms with Crippen molar-refractivity contribution < 1.29 is 24.9 Å². The number of aliphatic hydroxyl groups excluding tert-OH is 2. The minimum atomic E-state index is -1.57. The number of carbonyl (C=O) groups is 2. The van der Waals surface area contributed by atoms with E-state index >= 15 is 0 Å². The summed E-state index contributed by atoms with van der Waals surface area (Å²) in [5.41, 5.74) is -1.59. The van der Waals surface area contributed by atoms with Gasteiger partial charge >= 0.3 is 0 Å². The van der Waals surface area contributed by atoms with Crippen molar-refractivity contribution in [3.63, 3.8) is 0 Å². The second-order valence-corrected chi connectivity index (χ2v) is 9.72. The van der Waals surface area contributed by atoms with E-state index < -0.39 is 29.5 Å². The van der Waals surface area contributed by atoms with E-state index in [2.05, 4.69) is 13.8 Å². The molecule has 0 saturated heterocycles. The molecule has 148 valence electrons. The van der Waals surface area contributed by atoms with Gasteiger partial charge in [-0.1, -0.05) is 32.4 Å². The van der Waals surface area contributed by atoms with Gasteiger partial charge in [-0.15, -0.1) is 0 Å². The third-order valence-electron chi connectivity index (χ3n) is 8.57. The molecule has 0 radical (unpaired) electrons. The van der Waals surface area contributed by atoms with Crippen molar-refractivity contribution in [2.45, 2.75) is 58.2 Å². The van der Waals surface area contributed by atoms with Gasteiger partial charge in [0, 0.05) is 16.7 Å². The third-order valence-corrected chi connectivity index (χ3v) is 8.57. The monoisotopic (exact) mass is 374 g/mol. The van der Waals surface area contributed by atoms with E-state index in [-0.39, 0.29) is 34.9 Å². The van der Waals surface area contributed by atoms with Crippen molar-refractivity contribution in [3.8, 4) is 0 Å². The van der Waals surface area contributed by atoms with Crippen LogP contribution >= 0.6 is 0 Å². The summed E-state index contributed by atoms with van der Waals surface area (Å²) in [7, 11) is 0. The van der Waals surface area contributed by atoms with Crippen LogP contribution < -0.4 is 0 Å². The molecule has 0 aromatic rings. The van der Waals surface area contributed by atoms with E-state index in [1.54, 1.807) is 12.2 Å².